The molecule has 2 unspecified atom stereocenters. The molecule has 0 aliphatic heterocycles. The Kier molecular flexibility index (Phi) is 16.7. The van der Waals surface area contributed by atoms with E-state index in [-0.39, 0.29) is 6.42 Å². The maximum absolute atomic E-state index is 11.0. The highest BCUT2D eigenvalue weighted by Gasteiger charge is 2.20. The van der Waals surface area contributed by atoms with E-state index < -0.39 is 17.9 Å². The molecule has 0 aromatic heterocycles. The molecule has 4 nitrogen and oxygen atoms in total. The molecular weight excluding hydrogens is 328 g/mol. The smallest absolute Gasteiger partial charge is 0.307 e. The summed E-state index contributed by atoms with van der Waals surface area (Å²) in [6, 6.07) is 0. The minimum absolute atomic E-state index is 0.258. The third-order valence-electron chi connectivity index (χ3n) is 5.48. The van der Waals surface area contributed by atoms with Crippen LogP contribution in [0.4, 0.5) is 0 Å². The van der Waals surface area contributed by atoms with Crippen molar-refractivity contribution in [3.8, 4) is 0 Å². The summed E-state index contributed by atoms with van der Waals surface area (Å²) in [6.07, 6.45) is 17.9. The molecule has 0 amide bonds. The topological polar surface area (TPSA) is 74.6 Å². The lowest BCUT2D eigenvalue weighted by molar-refractivity contribution is -0.148. The number of carbonyl (C=O) groups is 2. The quantitative estimate of drug-likeness (QED) is 0.249. The molecule has 0 aromatic rings. The predicted octanol–water partition coefficient (Wildman–Crippen LogP) is 6.67. The number of hydrogen-bond donors (Lipinski definition) is 2. The molecular formula is C22H42O4. The zero-order chi connectivity index (χ0) is 19.6. The summed E-state index contributed by atoms with van der Waals surface area (Å²) < 4.78 is 0. The molecule has 0 aliphatic carbocycles. The molecule has 0 rings (SSSR count). The van der Waals surface area contributed by atoms with Crippen LogP contribution in [-0.4, -0.2) is 22.2 Å². The number of carboxylic acids is 2. The Labute approximate surface area is 160 Å². The van der Waals surface area contributed by atoms with Gasteiger partial charge in [-0.3, -0.25) is 9.59 Å². The molecule has 0 saturated carbocycles. The first-order chi connectivity index (χ1) is 12.5. The van der Waals surface area contributed by atoms with Crippen LogP contribution in [0.5, 0.6) is 0 Å². The largest absolute Gasteiger partial charge is 0.481 e. The maximum Gasteiger partial charge on any atom is 0.307 e. The highest BCUT2D eigenvalue weighted by molar-refractivity contribution is 5.77. The SMILES string of the molecule is CCCCCCC(CC)CCCCCCCCCC(CC(=O)O)C(=O)O. The molecule has 0 aliphatic rings. The van der Waals surface area contributed by atoms with E-state index in [4.69, 9.17) is 10.2 Å². The zero-order valence-electron chi connectivity index (χ0n) is 17.2. The first-order valence-electron chi connectivity index (χ1n) is 11.0. The van der Waals surface area contributed by atoms with Crippen molar-refractivity contribution in [1.82, 2.24) is 0 Å². The van der Waals surface area contributed by atoms with Gasteiger partial charge in [-0.15, -0.1) is 0 Å². The second-order valence-electron chi connectivity index (χ2n) is 7.81. The Balaban J connectivity index is 3.54. The molecule has 0 spiro atoms. The fraction of sp³-hybridized carbons (Fsp3) is 0.909. The van der Waals surface area contributed by atoms with Gasteiger partial charge in [0, 0.05) is 0 Å². The summed E-state index contributed by atoms with van der Waals surface area (Å²) in [5.74, 6) is -1.81. The fourth-order valence-corrected chi connectivity index (χ4v) is 3.64. The Hall–Kier alpha value is -1.06. The first kappa shape index (κ1) is 24.9. The Morgan fingerprint density at radius 3 is 1.58 bits per heavy atom. The van der Waals surface area contributed by atoms with Crippen LogP contribution in [0.3, 0.4) is 0 Å². The van der Waals surface area contributed by atoms with E-state index >= 15 is 0 Å². The van der Waals surface area contributed by atoms with Crippen LogP contribution >= 0.6 is 0 Å². The van der Waals surface area contributed by atoms with Crippen molar-refractivity contribution >= 4 is 11.9 Å². The average molecular weight is 371 g/mol. The van der Waals surface area contributed by atoms with Crippen molar-refractivity contribution in [1.29, 1.82) is 0 Å². The third-order valence-corrected chi connectivity index (χ3v) is 5.48. The fourth-order valence-electron chi connectivity index (χ4n) is 3.64. The molecule has 0 radical (unpaired) electrons. The molecule has 0 heterocycles. The lowest BCUT2D eigenvalue weighted by Gasteiger charge is -2.14. The second-order valence-corrected chi connectivity index (χ2v) is 7.81. The van der Waals surface area contributed by atoms with Crippen LogP contribution < -0.4 is 0 Å². The van der Waals surface area contributed by atoms with Gasteiger partial charge in [-0.05, 0) is 12.3 Å². The van der Waals surface area contributed by atoms with Crippen LogP contribution in [0, 0.1) is 11.8 Å². The van der Waals surface area contributed by atoms with E-state index in [9.17, 15) is 9.59 Å². The molecule has 0 fully saturated rings. The number of rotatable bonds is 19. The zero-order valence-corrected chi connectivity index (χ0v) is 17.2. The molecule has 2 atom stereocenters. The Morgan fingerprint density at radius 1 is 0.692 bits per heavy atom. The lowest BCUT2D eigenvalue weighted by Crippen LogP contribution is -2.17. The Bertz CT molecular complexity index is 354. The van der Waals surface area contributed by atoms with E-state index in [1.54, 1.807) is 0 Å². The average Bonchev–Trinajstić information content (AvgIpc) is 2.60. The number of aliphatic carboxylic acids is 2. The van der Waals surface area contributed by atoms with Crippen molar-refractivity contribution < 1.29 is 19.8 Å². The number of unbranched alkanes of at least 4 members (excludes halogenated alkanes) is 9. The molecule has 2 N–H and O–H groups in total. The van der Waals surface area contributed by atoms with Crippen LogP contribution in [0.1, 0.15) is 117 Å². The second kappa shape index (κ2) is 17.4. The van der Waals surface area contributed by atoms with Crippen LogP contribution in [0.15, 0.2) is 0 Å². The van der Waals surface area contributed by atoms with E-state index in [0.29, 0.717) is 6.42 Å². The maximum atomic E-state index is 11.0. The standard InChI is InChI=1S/C22H42O4/c1-3-5-6-12-15-19(4-2)16-13-10-8-7-9-11-14-17-20(22(25)26)18-21(23)24/h19-20H,3-18H2,1-2H3,(H,23,24)(H,25,26). The van der Waals surface area contributed by atoms with E-state index in [1.165, 1.54) is 70.6 Å². The highest BCUT2D eigenvalue weighted by Crippen LogP contribution is 2.21. The van der Waals surface area contributed by atoms with Crippen molar-refractivity contribution in [2.24, 2.45) is 11.8 Å². The van der Waals surface area contributed by atoms with Crippen molar-refractivity contribution in [2.45, 2.75) is 117 Å². The van der Waals surface area contributed by atoms with Crippen LogP contribution in [0.25, 0.3) is 0 Å². The number of carboxylic acid groups (broad SMARTS) is 2. The van der Waals surface area contributed by atoms with Gasteiger partial charge in [-0.1, -0.05) is 104 Å². The predicted molar refractivity (Wildman–Crippen MR) is 107 cm³/mol. The van der Waals surface area contributed by atoms with E-state index in [2.05, 4.69) is 13.8 Å². The van der Waals surface area contributed by atoms with Crippen molar-refractivity contribution in [2.75, 3.05) is 0 Å². The molecule has 154 valence electrons. The van der Waals surface area contributed by atoms with Gasteiger partial charge in [0.1, 0.15) is 0 Å². The summed E-state index contributed by atoms with van der Waals surface area (Å²) in [7, 11) is 0. The van der Waals surface area contributed by atoms with Gasteiger partial charge in [-0.2, -0.15) is 0 Å². The first-order valence-corrected chi connectivity index (χ1v) is 11.0. The molecule has 26 heavy (non-hydrogen) atoms. The van der Waals surface area contributed by atoms with Crippen LogP contribution in [0.2, 0.25) is 0 Å². The van der Waals surface area contributed by atoms with Gasteiger partial charge >= 0.3 is 11.9 Å². The van der Waals surface area contributed by atoms with Gasteiger partial charge in [0.25, 0.3) is 0 Å². The van der Waals surface area contributed by atoms with E-state index in [1.807, 2.05) is 0 Å². The number of hydrogen-bond acceptors (Lipinski definition) is 2. The van der Waals surface area contributed by atoms with Crippen LogP contribution in [-0.2, 0) is 9.59 Å². The summed E-state index contributed by atoms with van der Waals surface area (Å²) in [4.78, 5) is 21.6. The normalized spacial score (nSPS) is 13.5. The minimum Gasteiger partial charge on any atom is -0.481 e. The minimum atomic E-state index is -1.02. The summed E-state index contributed by atoms with van der Waals surface area (Å²) in [5, 5.41) is 17.7. The third kappa shape index (κ3) is 15.2. The monoisotopic (exact) mass is 370 g/mol. The lowest BCUT2D eigenvalue weighted by atomic mass is 9.92. The van der Waals surface area contributed by atoms with Crippen molar-refractivity contribution in [3.05, 3.63) is 0 Å². The van der Waals surface area contributed by atoms with Gasteiger partial charge in [-0.25, -0.2) is 0 Å². The molecule has 4 heteroatoms. The van der Waals surface area contributed by atoms with E-state index in [0.717, 1.165) is 25.2 Å². The summed E-state index contributed by atoms with van der Waals surface area (Å²) >= 11 is 0. The Morgan fingerprint density at radius 2 is 1.15 bits per heavy atom. The summed E-state index contributed by atoms with van der Waals surface area (Å²) in [5.41, 5.74) is 0. The highest BCUT2D eigenvalue weighted by atomic mass is 16.4. The molecule has 0 bridgehead atoms. The molecule has 0 aromatic carbocycles. The van der Waals surface area contributed by atoms with Gasteiger partial charge in [0.05, 0.1) is 12.3 Å². The van der Waals surface area contributed by atoms with Gasteiger partial charge in [0.15, 0.2) is 0 Å². The van der Waals surface area contributed by atoms with Gasteiger partial charge < -0.3 is 10.2 Å². The van der Waals surface area contributed by atoms with Crippen molar-refractivity contribution in [3.63, 3.8) is 0 Å². The molecule has 0 saturated heterocycles. The van der Waals surface area contributed by atoms with Gasteiger partial charge in [0.2, 0.25) is 0 Å². The summed E-state index contributed by atoms with van der Waals surface area (Å²) in [6.45, 7) is 4.58.